The normalized spacial score (nSPS) is 10.2. The van der Waals surface area contributed by atoms with Crippen LogP contribution in [0.2, 0.25) is 5.15 Å². The summed E-state index contributed by atoms with van der Waals surface area (Å²) in [5.74, 6) is 0.348. The third kappa shape index (κ3) is 3.36. The van der Waals surface area contributed by atoms with Gasteiger partial charge in [0.15, 0.2) is 0 Å². The Morgan fingerprint density at radius 3 is 2.79 bits per heavy atom. The van der Waals surface area contributed by atoms with Gasteiger partial charge in [-0.2, -0.15) is 0 Å². The Bertz CT molecular complexity index is 622. The lowest BCUT2D eigenvalue weighted by molar-refractivity contribution is -0.384. The van der Waals surface area contributed by atoms with Crippen molar-refractivity contribution >= 4 is 40.6 Å². The summed E-state index contributed by atoms with van der Waals surface area (Å²) in [5.41, 5.74) is 0.739. The van der Waals surface area contributed by atoms with Crippen LogP contribution in [0, 0.1) is 10.1 Å². The van der Waals surface area contributed by atoms with Crippen molar-refractivity contribution in [1.29, 1.82) is 0 Å². The molecule has 0 atom stereocenters. The largest absolute Gasteiger partial charge is 0.339 e. The van der Waals surface area contributed by atoms with E-state index in [1.807, 2.05) is 30.5 Å². The molecule has 0 fully saturated rings. The number of nitrogens with zero attached hydrogens (tertiary/aromatic N) is 2. The molecule has 0 amide bonds. The quantitative estimate of drug-likeness (QED) is 0.398. The smallest absolute Gasteiger partial charge is 0.276 e. The molecule has 19 heavy (non-hydrogen) atoms. The molecule has 1 heterocycles. The summed E-state index contributed by atoms with van der Waals surface area (Å²) in [6.45, 7) is 0. The summed E-state index contributed by atoms with van der Waals surface area (Å²) < 4.78 is 0. The Morgan fingerprint density at radius 1 is 1.37 bits per heavy atom. The first-order valence-corrected chi connectivity index (χ1v) is 6.92. The van der Waals surface area contributed by atoms with E-state index in [2.05, 4.69) is 10.3 Å². The van der Waals surface area contributed by atoms with Crippen LogP contribution in [0.3, 0.4) is 0 Å². The SMILES string of the molecule is CSc1ccccc1Nc1cc([N+](=O)[O-])cc(Cl)n1. The van der Waals surface area contributed by atoms with Gasteiger partial charge in [0.2, 0.25) is 0 Å². The fraction of sp³-hybridized carbons (Fsp3) is 0.0833. The highest BCUT2D eigenvalue weighted by atomic mass is 35.5. The maximum Gasteiger partial charge on any atom is 0.276 e. The second kappa shape index (κ2) is 5.90. The van der Waals surface area contributed by atoms with Gasteiger partial charge in [-0.3, -0.25) is 10.1 Å². The van der Waals surface area contributed by atoms with E-state index in [4.69, 9.17) is 11.6 Å². The van der Waals surface area contributed by atoms with E-state index in [9.17, 15) is 10.1 Å². The summed E-state index contributed by atoms with van der Waals surface area (Å²) in [6, 6.07) is 10.2. The highest BCUT2D eigenvalue weighted by Crippen LogP contribution is 2.29. The van der Waals surface area contributed by atoms with Crippen LogP contribution in [0.25, 0.3) is 0 Å². The van der Waals surface area contributed by atoms with Gasteiger partial charge < -0.3 is 5.32 Å². The molecular weight excluding hydrogens is 286 g/mol. The number of thioether (sulfide) groups is 1. The molecule has 0 saturated heterocycles. The molecule has 0 aliphatic carbocycles. The van der Waals surface area contributed by atoms with E-state index in [1.54, 1.807) is 11.8 Å². The van der Waals surface area contributed by atoms with Crippen LogP contribution in [0.15, 0.2) is 41.3 Å². The van der Waals surface area contributed by atoms with Crippen molar-refractivity contribution in [3.63, 3.8) is 0 Å². The molecular formula is C12H10ClN3O2S. The molecule has 0 radical (unpaired) electrons. The Kier molecular flexibility index (Phi) is 4.24. The van der Waals surface area contributed by atoms with E-state index in [0.717, 1.165) is 10.6 Å². The van der Waals surface area contributed by atoms with E-state index in [-0.39, 0.29) is 10.8 Å². The van der Waals surface area contributed by atoms with E-state index < -0.39 is 4.92 Å². The number of hydrogen-bond donors (Lipinski definition) is 1. The van der Waals surface area contributed by atoms with Gasteiger partial charge in [0.25, 0.3) is 5.69 Å². The van der Waals surface area contributed by atoms with Crippen molar-refractivity contribution in [3.8, 4) is 0 Å². The maximum absolute atomic E-state index is 10.8. The molecule has 2 rings (SSSR count). The van der Waals surface area contributed by atoms with Crippen molar-refractivity contribution in [2.24, 2.45) is 0 Å². The molecule has 1 aromatic heterocycles. The van der Waals surface area contributed by atoms with Gasteiger partial charge in [0.1, 0.15) is 11.0 Å². The zero-order valence-electron chi connectivity index (χ0n) is 9.96. The number of nitro groups is 1. The molecule has 0 saturated carbocycles. The summed E-state index contributed by atoms with van der Waals surface area (Å²) in [5, 5.41) is 13.9. The molecule has 2 aromatic rings. The molecule has 5 nitrogen and oxygen atoms in total. The van der Waals surface area contributed by atoms with Crippen LogP contribution in [0.1, 0.15) is 0 Å². The fourth-order valence-electron chi connectivity index (χ4n) is 1.54. The van der Waals surface area contributed by atoms with Crippen LogP contribution >= 0.6 is 23.4 Å². The lowest BCUT2D eigenvalue weighted by Gasteiger charge is -2.09. The van der Waals surface area contributed by atoms with Gasteiger partial charge in [-0.15, -0.1) is 11.8 Å². The Balaban J connectivity index is 2.35. The molecule has 7 heteroatoms. The number of para-hydroxylation sites is 1. The summed E-state index contributed by atoms with van der Waals surface area (Å²) in [6.07, 6.45) is 1.95. The van der Waals surface area contributed by atoms with Gasteiger partial charge in [0, 0.05) is 4.90 Å². The van der Waals surface area contributed by atoms with Crippen LogP contribution in [0.5, 0.6) is 0 Å². The average molecular weight is 296 g/mol. The van der Waals surface area contributed by atoms with Crippen LogP contribution in [-0.4, -0.2) is 16.2 Å². The monoisotopic (exact) mass is 295 g/mol. The third-order valence-corrected chi connectivity index (χ3v) is 3.35. The highest BCUT2D eigenvalue weighted by molar-refractivity contribution is 7.98. The predicted molar refractivity (Wildman–Crippen MR) is 77.4 cm³/mol. The van der Waals surface area contributed by atoms with E-state index in [1.165, 1.54) is 12.1 Å². The van der Waals surface area contributed by atoms with Gasteiger partial charge in [-0.25, -0.2) is 4.98 Å². The standard InChI is InChI=1S/C12H10ClN3O2S/c1-19-10-5-3-2-4-9(10)14-12-7-8(16(17)18)6-11(13)15-12/h2-7H,1H3,(H,14,15). The average Bonchev–Trinajstić information content (AvgIpc) is 2.38. The third-order valence-electron chi connectivity index (χ3n) is 2.36. The first-order chi connectivity index (χ1) is 9.10. The first-order valence-electron chi connectivity index (χ1n) is 5.32. The van der Waals surface area contributed by atoms with Crippen LogP contribution in [0.4, 0.5) is 17.2 Å². The minimum Gasteiger partial charge on any atom is -0.339 e. The topological polar surface area (TPSA) is 68.1 Å². The molecule has 98 valence electrons. The van der Waals surface area contributed by atoms with Crippen molar-refractivity contribution in [2.75, 3.05) is 11.6 Å². The number of rotatable bonds is 4. The zero-order valence-corrected chi connectivity index (χ0v) is 11.5. The lowest BCUT2D eigenvalue weighted by atomic mass is 10.3. The Hall–Kier alpha value is -1.79. The van der Waals surface area contributed by atoms with Gasteiger partial charge in [-0.1, -0.05) is 23.7 Å². The molecule has 1 aromatic carbocycles. The number of halogens is 1. The maximum atomic E-state index is 10.8. The molecule has 0 spiro atoms. The van der Waals surface area contributed by atoms with E-state index >= 15 is 0 Å². The number of hydrogen-bond acceptors (Lipinski definition) is 5. The van der Waals surface area contributed by atoms with Gasteiger partial charge in [-0.05, 0) is 18.4 Å². The molecule has 0 aliphatic rings. The molecule has 1 N–H and O–H groups in total. The molecule has 0 aliphatic heterocycles. The van der Waals surface area contributed by atoms with Crippen molar-refractivity contribution < 1.29 is 4.92 Å². The summed E-state index contributed by atoms with van der Waals surface area (Å²) in [4.78, 5) is 15.3. The van der Waals surface area contributed by atoms with Crippen molar-refractivity contribution in [1.82, 2.24) is 4.98 Å². The number of pyridine rings is 1. The lowest BCUT2D eigenvalue weighted by Crippen LogP contribution is -1.97. The minimum atomic E-state index is -0.501. The van der Waals surface area contributed by atoms with E-state index in [0.29, 0.717) is 5.82 Å². The van der Waals surface area contributed by atoms with Crippen molar-refractivity contribution in [3.05, 3.63) is 51.7 Å². The molecule has 0 bridgehead atoms. The summed E-state index contributed by atoms with van der Waals surface area (Å²) >= 11 is 7.35. The Morgan fingerprint density at radius 2 is 2.11 bits per heavy atom. The fourth-order valence-corrected chi connectivity index (χ4v) is 2.30. The number of aromatic nitrogens is 1. The number of anilines is 2. The number of nitrogens with one attached hydrogen (secondary N) is 1. The second-order valence-corrected chi connectivity index (χ2v) is 4.85. The minimum absolute atomic E-state index is 0.0818. The highest BCUT2D eigenvalue weighted by Gasteiger charge is 2.11. The van der Waals surface area contributed by atoms with Gasteiger partial charge in [0.05, 0.1) is 22.7 Å². The first kappa shape index (κ1) is 13.6. The van der Waals surface area contributed by atoms with Crippen LogP contribution < -0.4 is 5.32 Å². The van der Waals surface area contributed by atoms with Gasteiger partial charge >= 0.3 is 0 Å². The predicted octanol–water partition coefficient (Wildman–Crippen LogP) is 4.11. The zero-order chi connectivity index (χ0) is 13.8. The molecule has 0 unspecified atom stereocenters. The van der Waals surface area contributed by atoms with Crippen LogP contribution in [-0.2, 0) is 0 Å². The second-order valence-electron chi connectivity index (χ2n) is 3.62. The van der Waals surface area contributed by atoms with Crippen molar-refractivity contribution in [2.45, 2.75) is 4.90 Å². The number of benzene rings is 1. The summed E-state index contributed by atoms with van der Waals surface area (Å²) in [7, 11) is 0. The Labute approximate surface area is 119 Å².